The lowest BCUT2D eigenvalue weighted by Crippen LogP contribution is -2.44. The zero-order chi connectivity index (χ0) is 32.7. The first-order chi connectivity index (χ1) is 21.2. The SMILES string of the molecule is CCCCCCCCCCCCCCCCCCNC(=O)CNCCN(CCN(CCNCC(=O)O)CC(=O)O)CC(=O)O. The quantitative estimate of drug-likeness (QED) is 0.0577. The molecule has 0 aromatic carbocycles. The number of amides is 1. The highest BCUT2D eigenvalue weighted by atomic mass is 16.4. The Morgan fingerprint density at radius 2 is 0.864 bits per heavy atom. The van der Waals surface area contributed by atoms with Gasteiger partial charge in [-0.3, -0.25) is 29.0 Å². The third kappa shape index (κ3) is 31.2. The second-order valence-corrected chi connectivity index (χ2v) is 11.7. The molecule has 0 heterocycles. The van der Waals surface area contributed by atoms with Crippen molar-refractivity contribution in [1.82, 2.24) is 25.8 Å². The van der Waals surface area contributed by atoms with E-state index in [9.17, 15) is 24.3 Å². The van der Waals surface area contributed by atoms with E-state index in [1.807, 2.05) is 0 Å². The van der Waals surface area contributed by atoms with Crippen LogP contribution >= 0.6 is 0 Å². The van der Waals surface area contributed by atoms with Crippen LogP contribution in [-0.2, 0) is 19.2 Å². The number of carboxylic acid groups (broad SMARTS) is 3. The lowest BCUT2D eigenvalue weighted by Gasteiger charge is -2.26. The Bertz CT molecular complexity index is 742. The largest absolute Gasteiger partial charge is 0.480 e. The van der Waals surface area contributed by atoms with Crippen molar-refractivity contribution in [3.63, 3.8) is 0 Å². The lowest BCUT2D eigenvalue weighted by atomic mass is 10.0. The molecule has 0 aliphatic rings. The van der Waals surface area contributed by atoms with Gasteiger partial charge >= 0.3 is 17.9 Å². The summed E-state index contributed by atoms with van der Waals surface area (Å²) in [5, 5.41) is 35.8. The number of hydrogen-bond donors (Lipinski definition) is 6. The van der Waals surface area contributed by atoms with E-state index < -0.39 is 17.9 Å². The molecule has 0 aromatic rings. The normalized spacial score (nSPS) is 11.3. The summed E-state index contributed by atoms with van der Waals surface area (Å²) in [5.74, 6) is -3.09. The highest BCUT2D eigenvalue weighted by Crippen LogP contribution is 2.13. The van der Waals surface area contributed by atoms with Gasteiger partial charge < -0.3 is 31.3 Å². The summed E-state index contributed by atoms with van der Waals surface area (Å²) >= 11 is 0. The van der Waals surface area contributed by atoms with Crippen LogP contribution in [0.5, 0.6) is 0 Å². The van der Waals surface area contributed by atoms with Crippen LogP contribution in [0, 0.1) is 0 Å². The molecule has 258 valence electrons. The van der Waals surface area contributed by atoms with Gasteiger partial charge in [-0.05, 0) is 6.42 Å². The number of aliphatic carboxylic acids is 3. The first-order valence-electron chi connectivity index (χ1n) is 17.0. The number of carbonyl (C=O) groups is 4. The number of nitrogens with zero attached hydrogens (tertiary/aromatic N) is 2. The summed E-state index contributed by atoms with van der Waals surface area (Å²) in [6.07, 6.45) is 21.0. The summed E-state index contributed by atoms with van der Waals surface area (Å²) in [5.41, 5.74) is 0. The summed E-state index contributed by atoms with van der Waals surface area (Å²) < 4.78 is 0. The van der Waals surface area contributed by atoms with E-state index in [0.717, 1.165) is 12.8 Å². The molecule has 0 fully saturated rings. The molecule has 0 bridgehead atoms. The zero-order valence-electron chi connectivity index (χ0n) is 27.5. The molecular weight excluding hydrogens is 566 g/mol. The molecule has 6 N–H and O–H groups in total. The molecule has 0 aromatic heterocycles. The molecule has 0 atom stereocenters. The fourth-order valence-electron chi connectivity index (χ4n) is 5.04. The number of nitrogens with one attached hydrogen (secondary N) is 3. The summed E-state index contributed by atoms with van der Waals surface area (Å²) in [4.78, 5) is 48.5. The topological polar surface area (TPSA) is 172 Å². The van der Waals surface area contributed by atoms with E-state index in [1.54, 1.807) is 9.80 Å². The Kier molecular flexibility index (Phi) is 29.1. The minimum Gasteiger partial charge on any atom is -0.480 e. The Balaban J connectivity index is 3.85. The van der Waals surface area contributed by atoms with Crippen molar-refractivity contribution in [2.75, 3.05) is 72.0 Å². The number of carbonyl (C=O) groups excluding carboxylic acids is 1. The Morgan fingerprint density at radius 1 is 0.477 bits per heavy atom. The van der Waals surface area contributed by atoms with Gasteiger partial charge in [0.1, 0.15) is 0 Å². The monoisotopic (exact) mass is 629 g/mol. The van der Waals surface area contributed by atoms with E-state index in [0.29, 0.717) is 45.8 Å². The van der Waals surface area contributed by atoms with Gasteiger partial charge in [0.25, 0.3) is 0 Å². The van der Waals surface area contributed by atoms with Crippen molar-refractivity contribution >= 4 is 23.8 Å². The predicted octanol–water partition coefficient (Wildman–Crippen LogP) is 3.40. The molecule has 0 aliphatic heterocycles. The molecule has 0 saturated heterocycles. The van der Waals surface area contributed by atoms with Crippen molar-refractivity contribution in [2.24, 2.45) is 0 Å². The highest BCUT2D eigenvalue weighted by Gasteiger charge is 2.14. The van der Waals surface area contributed by atoms with Gasteiger partial charge in [-0.15, -0.1) is 0 Å². The van der Waals surface area contributed by atoms with Crippen molar-refractivity contribution in [2.45, 2.75) is 110 Å². The van der Waals surface area contributed by atoms with E-state index in [-0.39, 0.29) is 32.1 Å². The first kappa shape index (κ1) is 41.7. The van der Waals surface area contributed by atoms with Crippen LogP contribution in [0.15, 0.2) is 0 Å². The van der Waals surface area contributed by atoms with Gasteiger partial charge in [-0.1, -0.05) is 103 Å². The molecular formula is C32H63N5O7. The summed E-state index contributed by atoms with van der Waals surface area (Å²) in [7, 11) is 0. The van der Waals surface area contributed by atoms with Gasteiger partial charge in [0, 0.05) is 45.8 Å². The van der Waals surface area contributed by atoms with Gasteiger partial charge in [0.2, 0.25) is 5.91 Å². The van der Waals surface area contributed by atoms with Crippen LogP contribution in [0.2, 0.25) is 0 Å². The molecule has 0 spiro atoms. The van der Waals surface area contributed by atoms with Crippen LogP contribution in [-0.4, -0.2) is 121 Å². The second kappa shape index (κ2) is 30.7. The molecule has 0 unspecified atom stereocenters. The third-order valence-corrected chi connectivity index (χ3v) is 7.57. The predicted molar refractivity (Wildman–Crippen MR) is 174 cm³/mol. The minimum atomic E-state index is -1.01. The standard InChI is InChI=1S/C32H63N5O7/c1-2-3-4-5-6-7-8-9-10-11-12-13-14-15-16-17-18-35-29(38)25-33-19-21-36(27-31(41)42)23-24-37(28-32(43)44)22-20-34-26-30(39)40/h33-34H,2-28H2,1H3,(H,35,38)(H,39,40)(H,41,42)(H,43,44). The van der Waals surface area contributed by atoms with Crippen LogP contribution in [0.3, 0.4) is 0 Å². The minimum absolute atomic E-state index is 0.0859. The molecule has 1 amide bonds. The Morgan fingerprint density at radius 3 is 1.25 bits per heavy atom. The van der Waals surface area contributed by atoms with Crippen molar-refractivity contribution in [3.05, 3.63) is 0 Å². The summed E-state index contributed by atoms with van der Waals surface area (Å²) in [6, 6.07) is 0. The number of unbranched alkanes of at least 4 members (excludes halogenated alkanes) is 15. The van der Waals surface area contributed by atoms with Crippen LogP contribution < -0.4 is 16.0 Å². The maximum Gasteiger partial charge on any atom is 0.317 e. The van der Waals surface area contributed by atoms with E-state index in [4.69, 9.17) is 10.2 Å². The molecule has 0 rings (SSSR count). The molecule has 0 radical (unpaired) electrons. The van der Waals surface area contributed by atoms with Gasteiger partial charge in [0.15, 0.2) is 0 Å². The Hall–Kier alpha value is -2.28. The van der Waals surface area contributed by atoms with Crippen molar-refractivity contribution in [1.29, 1.82) is 0 Å². The van der Waals surface area contributed by atoms with Crippen LogP contribution in [0.25, 0.3) is 0 Å². The first-order valence-corrected chi connectivity index (χ1v) is 17.0. The molecule has 44 heavy (non-hydrogen) atoms. The molecule has 0 saturated carbocycles. The van der Waals surface area contributed by atoms with E-state index in [2.05, 4.69) is 22.9 Å². The van der Waals surface area contributed by atoms with Gasteiger partial charge in [0.05, 0.1) is 26.2 Å². The lowest BCUT2D eigenvalue weighted by molar-refractivity contribution is -0.140. The fraction of sp³-hybridized carbons (Fsp3) is 0.875. The molecule has 12 heteroatoms. The number of carboxylic acids is 3. The maximum atomic E-state index is 12.1. The smallest absolute Gasteiger partial charge is 0.317 e. The van der Waals surface area contributed by atoms with E-state index >= 15 is 0 Å². The number of rotatable bonds is 34. The van der Waals surface area contributed by atoms with Gasteiger partial charge in [-0.25, -0.2) is 0 Å². The van der Waals surface area contributed by atoms with E-state index in [1.165, 1.54) is 89.9 Å². The molecule has 0 aliphatic carbocycles. The van der Waals surface area contributed by atoms with Crippen molar-refractivity contribution < 1.29 is 34.5 Å². The van der Waals surface area contributed by atoms with Gasteiger partial charge in [-0.2, -0.15) is 0 Å². The average Bonchev–Trinajstić information content (AvgIpc) is 2.96. The highest BCUT2D eigenvalue weighted by molar-refractivity contribution is 5.77. The fourth-order valence-corrected chi connectivity index (χ4v) is 5.04. The zero-order valence-corrected chi connectivity index (χ0v) is 27.5. The maximum absolute atomic E-state index is 12.1. The van der Waals surface area contributed by atoms with Crippen LogP contribution in [0.4, 0.5) is 0 Å². The van der Waals surface area contributed by atoms with Crippen molar-refractivity contribution in [3.8, 4) is 0 Å². The van der Waals surface area contributed by atoms with Crippen LogP contribution in [0.1, 0.15) is 110 Å². The Labute approximate surface area is 265 Å². The third-order valence-electron chi connectivity index (χ3n) is 7.57. The second-order valence-electron chi connectivity index (χ2n) is 11.7. The molecule has 12 nitrogen and oxygen atoms in total. The summed E-state index contributed by atoms with van der Waals surface area (Å²) in [6.45, 7) is 4.48. The average molecular weight is 630 g/mol. The number of hydrogen-bond acceptors (Lipinski definition) is 8.